The number of nitrogen functional groups attached to an aromatic ring is 1. The van der Waals surface area contributed by atoms with Crippen LogP contribution in [0.3, 0.4) is 0 Å². The van der Waals surface area contributed by atoms with Gasteiger partial charge in [0, 0.05) is 24.4 Å². The van der Waals surface area contributed by atoms with Gasteiger partial charge < -0.3 is 15.8 Å². The van der Waals surface area contributed by atoms with Crippen molar-refractivity contribution in [1.82, 2.24) is 5.32 Å². The molecular weight excluding hydrogens is 285 g/mol. The summed E-state index contributed by atoms with van der Waals surface area (Å²) in [6.07, 6.45) is -2.64. The number of ether oxygens (including phenoxy) is 1. The largest absolute Gasteiger partial charge is 0.418 e. The lowest BCUT2D eigenvalue weighted by Gasteiger charge is -2.12. The Hall–Kier alpha value is -1.76. The van der Waals surface area contributed by atoms with E-state index in [9.17, 15) is 18.0 Å². The van der Waals surface area contributed by atoms with Gasteiger partial charge in [0.25, 0.3) is 5.91 Å². The van der Waals surface area contributed by atoms with E-state index < -0.39 is 23.3 Å². The second-order valence-electron chi connectivity index (χ2n) is 4.52. The second-order valence-corrected chi connectivity index (χ2v) is 4.52. The van der Waals surface area contributed by atoms with Crippen LogP contribution in [0.4, 0.5) is 18.9 Å². The molecule has 0 spiro atoms. The van der Waals surface area contributed by atoms with Crippen molar-refractivity contribution < 1.29 is 22.7 Å². The van der Waals surface area contributed by atoms with Crippen LogP contribution in [0, 0.1) is 0 Å². The van der Waals surface area contributed by atoms with Crippen LogP contribution in [0.1, 0.15) is 35.7 Å². The van der Waals surface area contributed by atoms with Gasteiger partial charge >= 0.3 is 6.18 Å². The zero-order chi connectivity index (χ0) is 15.9. The van der Waals surface area contributed by atoms with Crippen LogP contribution in [0.25, 0.3) is 0 Å². The number of rotatable bonds is 7. The number of nitrogens with two attached hydrogens (primary N) is 1. The van der Waals surface area contributed by atoms with E-state index in [0.717, 1.165) is 25.0 Å². The van der Waals surface area contributed by atoms with Crippen molar-refractivity contribution in [3.05, 3.63) is 29.3 Å². The molecule has 0 unspecified atom stereocenters. The summed E-state index contributed by atoms with van der Waals surface area (Å²) >= 11 is 0. The molecule has 4 nitrogen and oxygen atoms in total. The van der Waals surface area contributed by atoms with Crippen molar-refractivity contribution in [2.24, 2.45) is 0 Å². The van der Waals surface area contributed by atoms with Gasteiger partial charge in [-0.25, -0.2) is 0 Å². The van der Waals surface area contributed by atoms with E-state index in [0.29, 0.717) is 13.2 Å². The first-order valence-electron chi connectivity index (χ1n) is 6.69. The van der Waals surface area contributed by atoms with Gasteiger partial charge in [-0.1, -0.05) is 13.3 Å². The number of unbranched alkanes of at least 4 members (excludes halogenated alkanes) is 1. The molecule has 0 aliphatic heterocycles. The first-order chi connectivity index (χ1) is 9.86. The molecule has 0 aliphatic rings. The first kappa shape index (κ1) is 17.3. The highest BCUT2D eigenvalue weighted by atomic mass is 19.4. The van der Waals surface area contributed by atoms with E-state index in [2.05, 4.69) is 5.32 Å². The molecule has 0 saturated carbocycles. The number of hydrogen-bond acceptors (Lipinski definition) is 3. The van der Waals surface area contributed by atoms with Gasteiger partial charge in [0.05, 0.1) is 12.2 Å². The number of amides is 1. The predicted octanol–water partition coefficient (Wildman–Crippen LogP) is 2.83. The Morgan fingerprint density at radius 3 is 2.67 bits per heavy atom. The minimum atomic E-state index is -4.58. The molecule has 3 N–H and O–H groups in total. The summed E-state index contributed by atoms with van der Waals surface area (Å²) in [5, 5.41) is 2.50. The van der Waals surface area contributed by atoms with Crippen LogP contribution in [-0.4, -0.2) is 25.7 Å². The number of alkyl halides is 3. The Labute approximate surface area is 121 Å². The average molecular weight is 304 g/mol. The molecule has 0 saturated heterocycles. The first-order valence-corrected chi connectivity index (χ1v) is 6.69. The second kappa shape index (κ2) is 7.87. The van der Waals surface area contributed by atoms with E-state index in [1.165, 1.54) is 6.07 Å². The SMILES string of the molecule is CCCCOCCNC(=O)c1ccc(N)c(C(F)(F)F)c1. The topological polar surface area (TPSA) is 64.3 Å². The molecule has 0 atom stereocenters. The third kappa shape index (κ3) is 5.63. The molecule has 1 aromatic carbocycles. The molecule has 0 fully saturated rings. The molecule has 0 radical (unpaired) electrons. The maximum atomic E-state index is 12.7. The molecule has 1 rings (SSSR count). The highest BCUT2D eigenvalue weighted by Gasteiger charge is 2.33. The number of hydrogen-bond donors (Lipinski definition) is 2. The zero-order valence-corrected chi connectivity index (χ0v) is 11.8. The molecule has 1 amide bonds. The summed E-state index contributed by atoms with van der Waals surface area (Å²) in [5.41, 5.74) is 3.79. The van der Waals surface area contributed by atoms with Gasteiger partial charge in [0.2, 0.25) is 0 Å². The minimum Gasteiger partial charge on any atom is -0.398 e. The fraction of sp³-hybridized carbons (Fsp3) is 0.500. The van der Waals surface area contributed by atoms with Crippen LogP contribution < -0.4 is 11.1 Å². The molecular formula is C14H19F3N2O2. The minimum absolute atomic E-state index is 0.0786. The van der Waals surface area contributed by atoms with Crippen molar-refractivity contribution in [3.63, 3.8) is 0 Å². The fourth-order valence-corrected chi connectivity index (χ4v) is 1.63. The van der Waals surface area contributed by atoms with Gasteiger partial charge in [-0.15, -0.1) is 0 Å². The van der Waals surface area contributed by atoms with Crippen LogP contribution in [0.5, 0.6) is 0 Å². The molecule has 0 aromatic heterocycles. The van der Waals surface area contributed by atoms with E-state index in [1.807, 2.05) is 6.92 Å². The quantitative estimate of drug-likeness (QED) is 0.601. The number of carbonyl (C=O) groups excluding carboxylic acids is 1. The van der Waals surface area contributed by atoms with E-state index >= 15 is 0 Å². The maximum absolute atomic E-state index is 12.7. The number of nitrogens with one attached hydrogen (secondary N) is 1. The standard InChI is InChI=1S/C14H19F3N2O2/c1-2-3-7-21-8-6-19-13(20)10-4-5-12(18)11(9-10)14(15,16)17/h4-5,9H,2-3,6-8,18H2,1H3,(H,19,20). The van der Waals surface area contributed by atoms with Gasteiger partial charge in [-0.05, 0) is 24.6 Å². The van der Waals surface area contributed by atoms with Crippen molar-refractivity contribution in [2.75, 3.05) is 25.5 Å². The van der Waals surface area contributed by atoms with Crippen molar-refractivity contribution >= 4 is 11.6 Å². The third-order valence-corrected chi connectivity index (χ3v) is 2.80. The van der Waals surface area contributed by atoms with Crippen LogP contribution in [-0.2, 0) is 10.9 Å². The zero-order valence-electron chi connectivity index (χ0n) is 11.8. The Morgan fingerprint density at radius 2 is 2.05 bits per heavy atom. The van der Waals surface area contributed by atoms with E-state index in [1.54, 1.807) is 0 Å². The molecule has 118 valence electrons. The summed E-state index contributed by atoms with van der Waals surface area (Å²) in [6, 6.07) is 3.09. The summed E-state index contributed by atoms with van der Waals surface area (Å²) in [5.74, 6) is -0.584. The Bertz CT molecular complexity index is 476. The highest BCUT2D eigenvalue weighted by molar-refractivity contribution is 5.94. The molecule has 0 aliphatic carbocycles. The van der Waals surface area contributed by atoms with Crippen LogP contribution in [0.15, 0.2) is 18.2 Å². The molecule has 21 heavy (non-hydrogen) atoms. The Kier molecular flexibility index (Phi) is 6.48. The lowest BCUT2D eigenvalue weighted by atomic mass is 10.1. The average Bonchev–Trinajstić information content (AvgIpc) is 2.41. The van der Waals surface area contributed by atoms with Gasteiger partial charge in [-0.3, -0.25) is 4.79 Å². The number of anilines is 1. The summed E-state index contributed by atoms with van der Waals surface area (Å²) in [7, 11) is 0. The normalized spacial score (nSPS) is 11.4. The summed E-state index contributed by atoms with van der Waals surface area (Å²) in [4.78, 5) is 11.7. The maximum Gasteiger partial charge on any atom is 0.418 e. The smallest absolute Gasteiger partial charge is 0.398 e. The van der Waals surface area contributed by atoms with Gasteiger partial charge in [0.15, 0.2) is 0 Å². The molecule has 1 aromatic rings. The third-order valence-electron chi connectivity index (χ3n) is 2.80. The highest BCUT2D eigenvalue weighted by Crippen LogP contribution is 2.33. The van der Waals surface area contributed by atoms with Crippen LogP contribution >= 0.6 is 0 Å². The lowest BCUT2D eigenvalue weighted by molar-refractivity contribution is -0.136. The van der Waals surface area contributed by atoms with Crippen molar-refractivity contribution in [2.45, 2.75) is 25.9 Å². The number of carbonyl (C=O) groups is 1. The predicted molar refractivity (Wildman–Crippen MR) is 73.9 cm³/mol. The lowest BCUT2D eigenvalue weighted by Crippen LogP contribution is -2.27. The van der Waals surface area contributed by atoms with Crippen molar-refractivity contribution in [1.29, 1.82) is 0 Å². The monoisotopic (exact) mass is 304 g/mol. The Morgan fingerprint density at radius 1 is 1.33 bits per heavy atom. The van der Waals surface area contributed by atoms with Gasteiger partial charge in [-0.2, -0.15) is 13.2 Å². The van der Waals surface area contributed by atoms with Gasteiger partial charge in [0.1, 0.15) is 0 Å². The summed E-state index contributed by atoms with van der Waals surface area (Å²) < 4.78 is 43.3. The number of halogens is 3. The Balaban J connectivity index is 2.55. The summed E-state index contributed by atoms with van der Waals surface area (Å²) in [6.45, 7) is 3.21. The molecule has 7 heteroatoms. The number of benzene rings is 1. The van der Waals surface area contributed by atoms with Crippen LogP contribution in [0.2, 0.25) is 0 Å². The van der Waals surface area contributed by atoms with Crippen molar-refractivity contribution in [3.8, 4) is 0 Å². The van der Waals surface area contributed by atoms with E-state index in [-0.39, 0.29) is 12.1 Å². The molecule has 0 bridgehead atoms. The fourth-order valence-electron chi connectivity index (χ4n) is 1.63. The molecule has 0 heterocycles. The van der Waals surface area contributed by atoms with E-state index in [4.69, 9.17) is 10.5 Å².